The molecule has 2 rings (SSSR count). The second-order valence-corrected chi connectivity index (χ2v) is 4.84. The molecule has 0 radical (unpaired) electrons. The molecule has 21 heavy (non-hydrogen) atoms. The van der Waals surface area contributed by atoms with E-state index in [4.69, 9.17) is 0 Å². The van der Waals surface area contributed by atoms with E-state index in [1.807, 2.05) is 19.9 Å². The van der Waals surface area contributed by atoms with E-state index in [0.717, 1.165) is 0 Å². The highest BCUT2D eigenvalue weighted by atomic mass is 19.1. The number of allylic oxidation sites excluding steroid dienone is 1. The van der Waals surface area contributed by atoms with E-state index >= 15 is 0 Å². The average molecular weight is 284 g/mol. The van der Waals surface area contributed by atoms with Gasteiger partial charge in [-0.25, -0.2) is 4.39 Å². The van der Waals surface area contributed by atoms with Gasteiger partial charge in [-0.2, -0.15) is 0 Å². The van der Waals surface area contributed by atoms with Crippen LogP contribution in [0.1, 0.15) is 24.2 Å². The van der Waals surface area contributed by atoms with Crippen LogP contribution in [0.3, 0.4) is 0 Å². The van der Waals surface area contributed by atoms with Crippen molar-refractivity contribution in [3.63, 3.8) is 0 Å². The second-order valence-electron chi connectivity index (χ2n) is 4.84. The van der Waals surface area contributed by atoms with Crippen molar-refractivity contribution in [2.24, 2.45) is 4.99 Å². The minimum absolute atomic E-state index is 0.0852. The number of hydrogen-bond donors (Lipinski definition) is 0. The molecule has 0 N–H and O–H groups in total. The summed E-state index contributed by atoms with van der Waals surface area (Å²) in [6.45, 7) is 3.88. The van der Waals surface area contributed by atoms with Crippen molar-refractivity contribution in [2.45, 2.75) is 19.9 Å². The van der Waals surface area contributed by atoms with Crippen LogP contribution in [0.5, 0.6) is 0 Å². The van der Waals surface area contributed by atoms with E-state index in [9.17, 15) is 9.18 Å². The second kappa shape index (κ2) is 6.79. The summed E-state index contributed by atoms with van der Waals surface area (Å²) in [4.78, 5) is 16.6. The number of hydrogen-bond acceptors (Lipinski definition) is 2. The first-order valence-corrected chi connectivity index (χ1v) is 6.76. The fraction of sp³-hybridized carbons (Fsp3) is 0.176. The van der Waals surface area contributed by atoms with Gasteiger partial charge >= 0.3 is 0 Å². The minimum atomic E-state index is -0.355. The van der Waals surface area contributed by atoms with Crippen LogP contribution in [-0.4, -0.2) is 16.5 Å². The Bertz CT molecular complexity index is 729. The zero-order valence-electron chi connectivity index (χ0n) is 12.0. The molecule has 1 heterocycles. The molecule has 0 fully saturated rings. The van der Waals surface area contributed by atoms with E-state index in [1.54, 1.807) is 36.5 Å². The highest BCUT2D eigenvalue weighted by molar-refractivity contribution is 5.93. The summed E-state index contributed by atoms with van der Waals surface area (Å²) < 4.78 is 14.9. The Morgan fingerprint density at radius 3 is 2.62 bits per heavy atom. The molecule has 0 saturated carbocycles. The Morgan fingerprint density at radius 2 is 1.90 bits per heavy atom. The molecule has 1 aromatic heterocycles. The normalized spacial score (nSPS) is 12.3. The van der Waals surface area contributed by atoms with E-state index in [1.165, 1.54) is 22.8 Å². The SMILES string of the molecule is CC(C)N=c1ccccn1C(=O)C=Cc1ccccc1F. The van der Waals surface area contributed by atoms with E-state index in [0.29, 0.717) is 11.1 Å². The summed E-state index contributed by atoms with van der Waals surface area (Å²) in [6.07, 6.45) is 4.46. The van der Waals surface area contributed by atoms with Gasteiger partial charge in [0, 0.05) is 23.9 Å². The van der Waals surface area contributed by atoms with Crippen molar-refractivity contribution in [1.29, 1.82) is 0 Å². The van der Waals surface area contributed by atoms with Crippen molar-refractivity contribution < 1.29 is 9.18 Å². The maximum atomic E-state index is 13.5. The van der Waals surface area contributed by atoms with Gasteiger partial charge < -0.3 is 0 Å². The molecule has 0 atom stereocenters. The van der Waals surface area contributed by atoms with Crippen LogP contribution in [0, 0.1) is 5.82 Å². The molecule has 108 valence electrons. The van der Waals surface area contributed by atoms with Crippen LogP contribution in [0.15, 0.2) is 59.7 Å². The monoisotopic (exact) mass is 284 g/mol. The lowest BCUT2D eigenvalue weighted by Gasteiger charge is -2.04. The number of nitrogens with zero attached hydrogens (tertiary/aromatic N) is 2. The van der Waals surface area contributed by atoms with Crippen molar-refractivity contribution in [3.05, 3.63) is 71.6 Å². The van der Waals surface area contributed by atoms with Gasteiger partial charge in [0.05, 0.1) is 0 Å². The van der Waals surface area contributed by atoms with Gasteiger partial charge in [-0.3, -0.25) is 14.4 Å². The first kappa shape index (κ1) is 14.9. The summed E-state index contributed by atoms with van der Waals surface area (Å²) in [5.41, 5.74) is 0.959. The third-order valence-electron chi connectivity index (χ3n) is 2.78. The topological polar surface area (TPSA) is 34.4 Å². The first-order valence-electron chi connectivity index (χ1n) is 6.76. The number of rotatable bonds is 3. The maximum Gasteiger partial charge on any atom is 0.256 e. The van der Waals surface area contributed by atoms with Gasteiger partial charge in [-0.1, -0.05) is 24.3 Å². The zero-order chi connectivity index (χ0) is 15.2. The van der Waals surface area contributed by atoms with Crippen LogP contribution in [0.2, 0.25) is 0 Å². The fourth-order valence-electron chi connectivity index (χ4n) is 1.84. The molecule has 4 heteroatoms. The number of carbonyl (C=O) groups is 1. The van der Waals surface area contributed by atoms with Gasteiger partial charge in [-0.05, 0) is 38.1 Å². The third-order valence-corrected chi connectivity index (χ3v) is 2.78. The third kappa shape index (κ3) is 3.99. The summed E-state index contributed by atoms with van der Waals surface area (Å²) in [5, 5.41) is 0. The lowest BCUT2D eigenvalue weighted by atomic mass is 10.2. The maximum absolute atomic E-state index is 13.5. The molecule has 0 amide bonds. The van der Waals surface area contributed by atoms with Crippen molar-refractivity contribution in [3.8, 4) is 0 Å². The van der Waals surface area contributed by atoms with E-state index in [2.05, 4.69) is 4.99 Å². The zero-order valence-corrected chi connectivity index (χ0v) is 12.0. The molecule has 0 aliphatic carbocycles. The molecular formula is C17H17FN2O. The lowest BCUT2D eigenvalue weighted by molar-refractivity contribution is 0.0964. The quantitative estimate of drug-likeness (QED) is 0.796. The first-order chi connectivity index (χ1) is 10.1. The number of pyridine rings is 1. The van der Waals surface area contributed by atoms with Crippen molar-refractivity contribution in [2.75, 3.05) is 0 Å². The molecule has 0 aliphatic rings. The largest absolute Gasteiger partial charge is 0.269 e. The van der Waals surface area contributed by atoms with Gasteiger partial charge in [0.1, 0.15) is 11.3 Å². The highest BCUT2D eigenvalue weighted by Crippen LogP contribution is 2.08. The molecule has 0 saturated heterocycles. The summed E-state index contributed by atoms with van der Waals surface area (Å²) in [5.74, 6) is -0.620. The molecule has 3 nitrogen and oxygen atoms in total. The molecule has 1 aromatic carbocycles. The Labute approximate surface area is 123 Å². The molecule has 0 spiro atoms. The van der Waals surface area contributed by atoms with E-state index in [-0.39, 0.29) is 17.8 Å². The highest BCUT2D eigenvalue weighted by Gasteiger charge is 2.02. The van der Waals surface area contributed by atoms with Crippen molar-refractivity contribution in [1.82, 2.24) is 4.57 Å². The van der Waals surface area contributed by atoms with Gasteiger partial charge in [0.15, 0.2) is 0 Å². The van der Waals surface area contributed by atoms with Gasteiger partial charge in [0.2, 0.25) is 0 Å². The van der Waals surface area contributed by atoms with Crippen LogP contribution in [0.4, 0.5) is 4.39 Å². The molecular weight excluding hydrogens is 267 g/mol. The Balaban J connectivity index is 2.32. The standard InChI is InChI=1S/C17H17FN2O/c1-13(2)19-16-9-5-6-12-20(16)17(21)11-10-14-7-3-4-8-15(14)18/h3-13H,1-2H3. The van der Waals surface area contributed by atoms with Crippen LogP contribution in [0.25, 0.3) is 6.08 Å². The predicted octanol–water partition coefficient (Wildman–Crippen LogP) is 3.29. The smallest absolute Gasteiger partial charge is 0.256 e. The molecule has 0 bridgehead atoms. The summed E-state index contributed by atoms with van der Waals surface area (Å²) >= 11 is 0. The van der Waals surface area contributed by atoms with Gasteiger partial charge in [0.25, 0.3) is 5.91 Å². The summed E-state index contributed by atoms with van der Waals surface area (Å²) in [7, 11) is 0. The fourth-order valence-corrected chi connectivity index (χ4v) is 1.84. The predicted molar refractivity (Wildman–Crippen MR) is 81.2 cm³/mol. The Hall–Kier alpha value is -2.49. The molecule has 2 aromatic rings. The molecule has 0 unspecified atom stereocenters. The van der Waals surface area contributed by atoms with Gasteiger partial charge in [-0.15, -0.1) is 0 Å². The number of benzene rings is 1. The van der Waals surface area contributed by atoms with Crippen LogP contribution >= 0.6 is 0 Å². The Morgan fingerprint density at radius 1 is 1.19 bits per heavy atom. The lowest BCUT2D eigenvalue weighted by Crippen LogP contribution is -2.26. The van der Waals surface area contributed by atoms with E-state index < -0.39 is 0 Å². The summed E-state index contributed by atoms with van der Waals surface area (Å²) in [6, 6.07) is 11.8. The van der Waals surface area contributed by atoms with Crippen molar-refractivity contribution >= 4 is 12.0 Å². The minimum Gasteiger partial charge on any atom is -0.269 e. The van der Waals surface area contributed by atoms with Crippen LogP contribution < -0.4 is 5.49 Å². The molecule has 0 aliphatic heterocycles. The number of aromatic nitrogens is 1. The number of carbonyl (C=O) groups excluding carboxylic acids is 1. The number of halogens is 1. The average Bonchev–Trinajstić information content (AvgIpc) is 2.46. The Kier molecular flexibility index (Phi) is 4.82. The van der Waals surface area contributed by atoms with Crippen LogP contribution in [-0.2, 0) is 0 Å².